The number of Topliss-reactive ketones (excluding diaryl/α,β-unsaturated/α-hetero) is 1. The van der Waals surface area contributed by atoms with Gasteiger partial charge in [0.05, 0.1) is 5.52 Å². The van der Waals surface area contributed by atoms with E-state index in [0.29, 0.717) is 0 Å². The maximum absolute atomic E-state index is 11.9. The Hall–Kier alpha value is -2.35. The van der Waals surface area contributed by atoms with Crippen LogP contribution < -0.4 is 0 Å². The zero-order valence-electron chi connectivity index (χ0n) is 12.7. The van der Waals surface area contributed by atoms with Crippen molar-refractivity contribution in [3.63, 3.8) is 0 Å². The molecule has 1 aromatic heterocycles. The van der Waals surface area contributed by atoms with Gasteiger partial charge < -0.3 is 4.57 Å². The molecule has 2 nitrogen and oxygen atoms in total. The summed E-state index contributed by atoms with van der Waals surface area (Å²) in [6.07, 6.45) is 1.99. The van der Waals surface area contributed by atoms with Gasteiger partial charge in [-0.3, -0.25) is 4.79 Å². The number of benzene rings is 2. The second-order valence-corrected chi connectivity index (χ2v) is 5.62. The number of aryl methyl sites for hydroxylation is 2. The first-order chi connectivity index (χ1) is 10.1. The molecular formula is C19H19NO. The minimum Gasteiger partial charge on any atom is -0.342 e. The molecule has 0 unspecified atom stereocenters. The van der Waals surface area contributed by atoms with Crippen molar-refractivity contribution in [3.8, 4) is 0 Å². The van der Waals surface area contributed by atoms with Gasteiger partial charge in [-0.1, -0.05) is 42.5 Å². The van der Waals surface area contributed by atoms with Gasteiger partial charge in [0, 0.05) is 23.7 Å². The Morgan fingerprint density at radius 1 is 1.00 bits per heavy atom. The molecule has 0 aliphatic rings. The van der Waals surface area contributed by atoms with Gasteiger partial charge in [0.25, 0.3) is 0 Å². The first kappa shape index (κ1) is 13.6. The lowest BCUT2D eigenvalue weighted by Gasteiger charge is -2.10. The maximum Gasteiger partial charge on any atom is 0.161 e. The first-order valence-corrected chi connectivity index (χ1v) is 7.22. The smallest absolute Gasteiger partial charge is 0.161 e. The summed E-state index contributed by atoms with van der Waals surface area (Å²) in [5, 5.41) is 1.05. The summed E-state index contributed by atoms with van der Waals surface area (Å²) in [7, 11) is 0. The minimum atomic E-state index is 0.120. The fourth-order valence-electron chi connectivity index (χ4n) is 2.92. The van der Waals surface area contributed by atoms with E-state index >= 15 is 0 Å². The number of para-hydroxylation sites is 1. The highest BCUT2D eigenvalue weighted by Gasteiger charge is 2.13. The number of hydrogen-bond donors (Lipinski definition) is 0. The van der Waals surface area contributed by atoms with Crippen molar-refractivity contribution in [2.45, 2.75) is 27.3 Å². The summed E-state index contributed by atoms with van der Waals surface area (Å²) in [5.74, 6) is 0.120. The third kappa shape index (κ3) is 2.38. The van der Waals surface area contributed by atoms with Gasteiger partial charge in [0.2, 0.25) is 0 Å². The summed E-state index contributed by atoms with van der Waals surface area (Å²) in [6.45, 7) is 6.65. The number of carbonyl (C=O) groups is 1. The van der Waals surface area contributed by atoms with Crippen molar-refractivity contribution >= 4 is 16.7 Å². The fraction of sp³-hybridized carbons (Fsp3) is 0.211. The number of fused-ring (bicyclic) bond motifs is 1. The van der Waals surface area contributed by atoms with Gasteiger partial charge in [0.15, 0.2) is 5.78 Å². The van der Waals surface area contributed by atoms with E-state index in [1.54, 1.807) is 6.92 Å². The van der Waals surface area contributed by atoms with Gasteiger partial charge in [0.1, 0.15) is 0 Å². The van der Waals surface area contributed by atoms with E-state index in [1.807, 2.05) is 18.3 Å². The quantitative estimate of drug-likeness (QED) is 0.646. The van der Waals surface area contributed by atoms with E-state index in [-0.39, 0.29) is 5.78 Å². The van der Waals surface area contributed by atoms with E-state index in [4.69, 9.17) is 0 Å². The molecule has 1 heterocycles. The normalized spacial score (nSPS) is 11.0. The number of carbonyl (C=O) groups excluding carboxylic acids is 1. The first-order valence-electron chi connectivity index (χ1n) is 7.22. The average Bonchev–Trinajstić information content (AvgIpc) is 2.82. The van der Waals surface area contributed by atoms with E-state index in [1.165, 1.54) is 16.7 Å². The summed E-state index contributed by atoms with van der Waals surface area (Å²) < 4.78 is 2.20. The number of aromatic nitrogens is 1. The third-order valence-electron chi connectivity index (χ3n) is 4.08. The van der Waals surface area contributed by atoms with Crippen LogP contribution in [0.2, 0.25) is 0 Å². The molecule has 0 fully saturated rings. The van der Waals surface area contributed by atoms with Crippen molar-refractivity contribution < 1.29 is 4.79 Å². The maximum atomic E-state index is 11.9. The number of rotatable bonds is 3. The molecule has 3 rings (SSSR count). The van der Waals surface area contributed by atoms with Crippen LogP contribution in [-0.4, -0.2) is 10.4 Å². The van der Waals surface area contributed by atoms with Crippen molar-refractivity contribution in [2.75, 3.05) is 0 Å². The molecule has 0 N–H and O–H groups in total. The van der Waals surface area contributed by atoms with Gasteiger partial charge in [-0.15, -0.1) is 0 Å². The Morgan fingerprint density at radius 3 is 2.43 bits per heavy atom. The molecule has 2 heteroatoms. The highest BCUT2D eigenvalue weighted by Crippen LogP contribution is 2.26. The summed E-state index contributed by atoms with van der Waals surface area (Å²) in [5.41, 5.74) is 5.73. The van der Waals surface area contributed by atoms with E-state index in [2.05, 4.69) is 48.7 Å². The van der Waals surface area contributed by atoms with Crippen LogP contribution in [0.25, 0.3) is 10.9 Å². The highest BCUT2D eigenvalue weighted by atomic mass is 16.1. The Bertz CT molecular complexity index is 827. The summed E-state index contributed by atoms with van der Waals surface area (Å²) in [4.78, 5) is 11.9. The monoisotopic (exact) mass is 277 g/mol. The average molecular weight is 277 g/mol. The van der Waals surface area contributed by atoms with Crippen LogP contribution in [0, 0.1) is 13.8 Å². The lowest BCUT2D eigenvalue weighted by molar-refractivity contribution is 0.101. The summed E-state index contributed by atoms with van der Waals surface area (Å²) >= 11 is 0. The third-order valence-corrected chi connectivity index (χ3v) is 4.08. The molecule has 2 aromatic carbocycles. The molecule has 21 heavy (non-hydrogen) atoms. The Kier molecular flexibility index (Phi) is 3.38. The molecule has 0 aliphatic heterocycles. The molecule has 106 valence electrons. The minimum absolute atomic E-state index is 0.120. The Morgan fingerprint density at radius 2 is 1.71 bits per heavy atom. The molecule has 0 saturated carbocycles. The molecule has 3 aromatic rings. The van der Waals surface area contributed by atoms with Crippen LogP contribution in [0.4, 0.5) is 0 Å². The van der Waals surface area contributed by atoms with Crippen molar-refractivity contribution in [3.05, 3.63) is 70.9 Å². The molecular weight excluding hydrogens is 258 g/mol. The number of hydrogen-bond acceptors (Lipinski definition) is 1. The standard InChI is InChI=1S/C19H19NO/c1-13-7-4-5-9-16(13)11-20-12-18(15(3)21)17-10-6-8-14(2)19(17)20/h4-10,12H,11H2,1-3H3. The van der Waals surface area contributed by atoms with E-state index in [9.17, 15) is 4.79 Å². The zero-order valence-corrected chi connectivity index (χ0v) is 12.7. The molecule has 0 spiro atoms. The van der Waals surface area contributed by atoms with Gasteiger partial charge in [-0.2, -0.15) is 0 Å². The predicted molar refractivity (Wildman–Crippen MR) is 87.0 cm³/mol. The largest absolute Gasteiger partial charge is 0.342 e. The fourth-order valence-corrected chi connectivity index (χ4v) is 2.92. The predicted octanol–water partition coefficient (Wildman–Crippen LogP) is 4.51. The lowest BCUT2D eigenvalue weighted by Crippen LogP contribution is -2.01. The Balaban J connectivity index is 2.19. The van der Waals surface area contributed by atoms with Gasteiger partial charge >= 0.3 is 0 Å². The van der Waals surface area contributed by atoms with Crippen molar-refractivity contribution in [1.29, 1.82) is 0 Å². The topological polar surface area (TPSA) is 22.0 Å². The molecule has 0 bridgehead atoms. The molecule has 0 radical (unpaired) electrons. The molecule has 0 atom stereocenters. The van der Waals surface area contributed by atoms with Crippen LogP contribution in [0.5, 0.6) is 0 Å². The second kappa shape index (κ2) is 5.21. The van der Waals surface area contributed by atoms with Crippen LogP contribution in [0.3, 0.4) is 0 Å². The van der Waals surface area contributed by atoms with Crippen LogP contribution in [0.1, 0.15) is 34.0 Å². The Labute approximate surface area is 125 Å². The molecule has 0 saturated heterocycles. The second-order valence-electron chi connectivity index (χ2n) is 5.62. The molecule has 0 aliphatic carbocycles. The van der Waals surface area contributed by atoms with Crippen LogP contribution in [-0.2, 0) is 6.54 Å². The number of nitrogens with zero attached hydrogens (tertiary/aromatic N) is 1. The van der Waals surface area contributed by atoms with Gasteiger partial charge in [-0.25, -0.2) is 0 Å². The van der Waals surface area contributed by atoms with Crippen LogP contribution >= 0.6 is 0 Å². The zero-order chi connectivity index (χ0) is 15.0. The van der Waals surface area contributed by atoms with Crippen molar-refractivity contribution in [1.82, 2.24) is 4.57 Å². The van der Waals surface area contributed by atoms with E-state index in [0.717, 1.165) is 23.0 Å². The van der Waals surface area contributed by atoms with Crippen molar-refractivity contribution in [2.24, 2.45) is 0 Å². The summed E-state index contributed by atoms with van der Waals surface area (Å²) in [6, 6.07) is 14.5. The van der Waals surface area contributed by atoms with E-state index < -0.39 is 0 Å². The SMILES string of the molecule is CC(=O)c1cn(Cc2ccccc2C)c2c(C)cccc12. The lowest BCUT2D eigenvalue weighted by atomic mass is 10.1. The van der Waals surface area contributed by atoms with Gasteiger partial charge in [-0.05, 0) is 37.5 Å². The van der Waals surface area contributed by atoms with Crippen LogP contribution in [0.15, 0.2) is 48.7 Å². The molecule has 0 amide bonds. The highest BCUT2D eigenvalue weighted by molar-refractivity contribution is 6.07. The number of ketones is 1.